The van der Waals surface area contributed by atoms with Crippen molar-refractivity contribution in [2.45, 2.75) is 102 Å². The maximum Gasteiger partial charge on any atom is 0.322 e. The predicted octanol–water partition coefficient (Wildman–Crippen LogP) is 10.3. The molecule has 18 heteroatoms. The fourth-order valence-corrected chi connectivity index (χ4v) is 4.52. The van der Waals surface area contributed by atoms with Gasteiger partial charge in [0.05, 0.1) is 22.5 Å². The fourth-order valence-electron chi connectivity index (χ4n) is 4.52. The van der Waals surface area contributed by atoms with Gasteiger partial charge in [-0.15, -0.1) is 0 Å². The first-order chi connectivity index (χ1) is 30.9. The van der Waals surface area contributed by atoms with Crippen LogP contribution < -0.4 is 32.7 Å². The molecular formula is C47H66F4N6O8. The van der Waals surface area contributed by atoms with Crippen LogP contribution in [0.15, 0.2) is 60.7 Å². The molecule has 65 heavy (non-hydrogen) atoms. The zero-order chi connectivity index (χ0) is 51.0. The number of benzene rings is 4. The molecule has 10 N–H and O–H groups in total. The van der Waals surface area contributed by atoms with Crippen molar-refractivity contribution >= 4 is 58.3 Å². The Labute approximate surface area is 379 Å². The molecule has 0 spiro atoms. The van der Waals surface area contributed by atoms with Crippen LogP contribution in [0.1, 0.15) is 123 Å². The number of carbonyl (C=O) groups is 6. The minimum atomic E-state index is -1.25. The minimum Gasteiger partial charge on any atom is -0.480 e. The summed E-state index contributed by atoms with van der Waals surface area (Å²) in [6.07, 6.45) is 1.57. The highest BCUT2D eigenvalue weighted by Crippen LogP contribution is 2.31. The van der Waals surface area contributed by atoms with E-state index in [0.717, 1.165) is 24.3 Å². The number of rotatable bonds is 12. The van der Waals surface area contributed by atoms with Crippen molar-refractivity contribution in [3.05, 3.63) is 95.1 Å². The molecule has 4 amide bonds. The van der Waals surface area contributed by atoms with Crippen LogP contribution in [0.2, 0.25) is 0 Å². The Bertz CT molecular complexity index is 1960. The normalized spacial score (nSPS) is 9.23. The van der Waals surface area contributed by atoms with Gasteiger partial charge in [0, 0.05) is 12.8 Å². The number of carboxylic acids is 2. The van der Waals surface area contributed by atoms with Crippen molar-refractivity contribution in [1.29, 1.82) is 0 Å². The number of carbonyl (C=O) groups excluding carboxylic acids is 4. The standard InChI is InChI=1S/2C18H17F2N3O4.C3H8.4C2H6/c2*1-2-15(24)23-14-4-3-9(5-11(14)18(27)22-8-16(25)26)10-6-12(19)17(21)13(20)7-10;1-3-2;4*1-2/h2*3-7H,2,8,21H2,1H3,(H,22,27)(H,23,24)(H,25,26);3H2,1-2H3;4*1-2H3. The average molecular weight is 919 g/mol. The number of amides is 4. The van der Waals surface area contributed by atoms with Gasteiger partial charge < -0.3 is 42.9 Å². The Morgan fingerprint density at radius 3 is 0.969 bits per heavy atom. The Morgan fingerprint density at radius 1 is 0.477 bits per heavy atom. The summed E-state index contributed by atoms with van der Waals surface area (Å²) in [7, 11) is 0. The van der Waals surface area contributed by atoms with E-state index in [0.29, 0.717) is 0 Å². The summed E-state index contributed by atoms with van der Waals surface area (Å²) in [5, 5.41) is 26.8. The first-order valence-corrected chi connectivity index (χ1v) is 21.2. The SMILES string of the molecule is CC.CC.CC.CC.CCC.CCC(=O)Nc1ccc(-c2cc(F)c(N)c(F)c2)cc1C(=O)NCC(=O)O.CCC(=O)Nc1ccc(-c2cc(F)c(N)c(F)c2)cc1C(=O)NCC(=O)O. The Balaban J connectivity index is -0.000000973. The fraction of sp³-hybridized carbons (Fsp3) is 0.362. The van der Waals surface area contributed by atoms with Crippen LogP contribution in [0.25, 0.3) is 22.3 Å². The second-order valence-electron chi connectivity index (χ2n) is 11.9. The van der Waals surface area contributed by atoms with Gasteiger partial charge in [0.2, 0.25) is 11.8 Å². The van der Waals surface area contributed by atoms with Crippen molar-refractivity contribution in [3.63, 3.8) is 0 Å². The van der Waals surface area contributed by atoms with Gasteiger partial charge in [-0.05, 0) is 70.8 Å². The van der Waals surface area contributed by atoms with Crippen LogP contribution in [0.5, 0.6) is 0 Å². The molecule has 4 aromatic carbocycles. The van der Waals surface area contributed by atoms with Crippen LogP contribution in [0.3, 0.4) is 0 Å². The van der Waals surface area contributed by atoms with Crippen molar-refractivity contribution in [2.75, 3.05) is 35.2 Å². The summed E-state index contributed by atoms with van der Waals surface area (Å²) < 4.78 is 54.9. The van der Waals surface area contributed by atoms with Crippen molar-refractivity contribution in [2.24, 2.45) is 0 Å². The van der Waals surface area contributed by atoms with Gasteiger partial charge >= 0.3 is 11.9 Å². The number of anilines is 4. The summed E-state index contributed by atoms with van der Waals surface area (Å²) in [5.41, 5.74) is 10.3. The average Bonchev–Trinajstić information content (AvgIpc) is 3.31. The first kappa shape index (κ1) is 62.3. The van der Waals surface area contributed by atoms with E-state index < -0.39 is 71.5 Å². The number of halogens is 4. The third-order valence-electron chi connectivity index (χ3n) is 7.34. The second-order valence-corrected chi connectivity index (χ2v) is 11.9. The van der Waals surface area contributed by atoms with E-state index in [2.05, 4.69) is 35.1 Å². The molecule has 14 nitrogen and oxygen atoms in total. The summed E-state index contributed by atoms with van der Waals surface area (Å²) in [6, 6.07) is 12.4. The summed E-state index contributed by atoms with van der Waals surface area (Å²) in [4.78, 5) is 69.3. The Kier molecular flexibility index (Phi) is 33.1. The van der Waals surface area contributed by atoms with Gasteiger partial charge in [0.15, 0.2) is 0 Å². The molecule has 0 unspecified atom stereocenters. The molecule has 0 aliphatic carbocycles. The van der Waals surface area contributed by atoms with Crippen molar-refractivity contribution in [3.8, 4) is 22.3 Å². The van der Waals surface area contributed by atoms with E-state index in [-0.39, 0.29) is 69.4 Å². The van der Waals surface area contributed by atoms with Gasteiger partial charge in [-0.25, -0.2) is 17.6 Å². The van der Waals surface area contributed by atoms with E-state index in [1.54, 1.807) is 13.8 Å². The highest BCUT2D eigenvalue weighted by atomic mass is 19.1. The van der Waals surface area contributed by atoms with Crippen LogP contribution in [-0.4, -0.2) is 58.9 Å². The molecule has 4 aromatic rings. The van der Waals surface area contributed by atoms with Gasteiger partial charge in [-0.2, -0.15) is 0 Å². The first-order valence-electron chi connectivity index (χ1n) is 21.2. The molecule has 360 valence electrons. The third kappa shape index (κ3) is 21.8. The van der Waals surface area contributed by atoms with Gasteiger partial charge in [0.1, 0.15) is 47.7 Å². The van der Waals surface area contributed by atoms with Crippen molar-refractivity contribution < 1.29 is 56.5 Å². The monoisotopic (exact) mass is 918 g/mol. The number of carboxylic acid groups (broad SMARTS) is 2. The zero-order valence-corrected chi connectivity index (χ0v) is 39.3. The molecule has 4 rings (SSSR count). The van der Waals surface area contributed by atoms with Gasteiger partial charge in [0.25, 0.3) is 11.8 Å². The number of nitrogens with two attached hydrogens (primary N) is 2. The highest BCUT2D eigenvalue weighted by Gasteiger charge is 2.19. The summed E-state index contributed by atoms with van der Waals surface area (Å²) >= 11 is 0. The molecule has 0 saturated heterocycles. The molecule has 0 heterocycles. The lowest BCUT2D eigenvalue weighted by atomic mass is 10.0. The molecule has 0 aliphatic rings. The molecular weight excluding hydrogens is 853 g/mol. The van der Waals surface area contributed by atoms with E-state index in [4.69, 9.17) is 21.7 Å². The predicted molar refractivity (Wildman–Crippen MR) is 252 cm³/mol. The van der Waals surface area contributed by atoms with Crippen molar-refractivity contribution in [1.82, 2.24) is 10.6 Å². The van der Waals surface area contributed by atoms with Gasteiger partial charge in [-0.1, -0.05) is 102 Å². The van der Waals surface area contributed by atoms with Crippen LogP contribution in [0.4, 0.5) is 40.3 Å². The highest BCUT2D eigenvalue weighted by molar-refractivity contribution is 6.06. The minimum absolute atomic E-state index is 0.0480. The lowest BCUT2D eigenvalue weighted by molar-refractivity contribution is -0.136. The lowest BCUT2D eigenvalue weighted by Gasteiger charge is -2.13. The molecule has 0 saturated carbocycles. The third-order valence-corrected chi connectivity index (χ3v) is 7.34. The number of hydrogen-bond acceptors (Lipinski definition) is 8. The van der Waals surface area contributed by atoms with E-state index in [1.165, 1.54) is 42.8 Å². The van der Waals surface area contributed by atoms with Gasteiger partial charge in [-0.3, -0.25) is 28.8 Å². The zero-order valence-electron chi connectivity index (χ0n) is 39.3. The largest absolute Gasteiger partial charge is 0.480 e. The number of hydrogen-bond donors (Lipinski definition) is 8. The Morgan fingerprint density at radius 2 is 0.738 bits per heavy atom. The molecule has 0 bridgehead atoms. The lowest BCUT2D eigenvalue weighted by Crippen LogP contribution is -2.30. The number of aliphatic carboxylic acids is 2. The van der Waals surface area contributed by atoms with E-state index >= 15 is 0 Å². The molecule has 0 aliphatic heterocycles. The maximum absolute atomic E-state index is 13.7. The molecule has 0 atom stereocenters. The number of nitrogens with one attached hydrogen (secondary N) is 4. The molecule has 0 radical (unpaired) electrons. The quantitative estimate of drug-likeness (QED) is 0.0494. The Hall–Kier alpha value is -6.98. The van der Waals surface area contributed by atoms with E-state index in [1.807, 2.05) is 55.4 Å². The van der Waals surface area contributed by atoms with Crippen LogP contribution >= 0.6 is 0 Å². The second kappa shape index (κ2) is 34.5. The van der Waals surface area contributed by atoms with E-state index in [9.17, 15) is 46.3 Å². The van der Waals surface area contributed by atoms with Crippen LogP contribution in [-0.2, 0) is 19.2 Å². The summed E-state index contributed by atoms with van der Waals surface area (Å²) in [5.74, 6) is -8.56. The maximum atomic E-state index is 13.7. The summed E-state index contributed by atoms with van der Waals surface area (Å²) in [6.45, 7) is 22.2. The topological polar surface area (TPSA) is 243 Å². The van der Waals surface area contributed by atoms with Crippen LogP contribution in [0, 0.1) is 23.3 Å². The molecule has 0 aromatic heterocycles. The smallest absolute Gasteiger partial charge is 0.322 e. The molecule has 0 fully saturated rings. The number of nitrogen functional groups attached to an aromatic ring is 2.